The summed E-state index contributed by atoms with van der Waals surface area (Å²) in [6.45, 7) is 0. The molecule has 96 valence electrons. The van der Waals surface area contributed by atoms with E-state index in [9.17, 15) is 0 Å². The molecule has 0 saturated heterocycles. The molecule has 19 heavy (non-hydrogen) atoms. The van der Waals surface area contributed by atoms with E-state index < -0.39 is 0 Å². The van der Waals surface area contributed by atoms with Crippen LogP contribution in [0.4, 0.5) is 11.9 Å². The lowest BCUT2D eigenvalue weighted by Crippen LogP contribution is -2.17. The standard InChI is InChI=1S/C12H13N7/c1-18(2)12-16-10(13)15-11-14-9(17-19(11)12)8-6-4-3-5-7-8/h3-7H,1-2H3,(H2,13,14,15,17). The summed E-state index contributed by atoms with van der Waals surface area (Å²) in [4.78, 5) is 14.5. The van der Waals surface area contributed by atoms with Crippen LogP contribution in [0.5, 0.6) is 0 Å². The first-order chi connectivity index (χ1) is 9.15. The first-order valence-electron chi connectivity index (χ1n) is 5.78. The Balaban J connectivity index is 2.23. The minimum atomic E-state index is 0.184. The molecule has 0 aliphatic heterocycles. The fourth-order valence-corrected chi connectivity index (χ4v) is 1.79. The number of nitrogen functional groups attached to an aromatic ring is 1. The van der Waals surface area contributed by atoms with Gasteiger partial charge >= 0.3 is 0 Å². The lowest BCUT2D eigenvalue weighted by atomic mass is 10.2. The predicted molar refractivity (Wildman–Crippen MR) is 72.8 cm³/mol. The third-order valence-electron chi connectivity index (χ3n) is 2.64. The van der Waals surface area contributed by atoms with E-state index >= 15 is 0 Å². The number of fused-ring (bicyclic) bond motifs is 1. The summed E-state index contributed by atoms with van der Waals surface area (Å²) in [6, 6.07) is 9.71. The number of nitrogens with two attached hydrogens (primary N) is 1. The third kappa shape index (κ3) is 1.95. The molecular formula is C12H13N7. The van der Waals surface area contributed by atoms with E-state index in [0.29, 0.717) is 17.6 Å². The zero-order valence-corrected chi connectivity index (χ0v) is 10.6. The Hall–Kier alpha value is -2.70. The van der Waals surface area contributed by atoms with Crippen molar-refractivity contribution in [3.8, 4) is 11.4 Å². The number of anilines is 2. The van der Waals surface area contributed by atoms with Gasteiger partial charge in [-0.05, 0) is 0 Å². The maximum Gasteiger partial charge on any atom is 0.259 e. The molecule has 0 saturated carbocycles. The molecule has 3 aromatic rings. The van der Waals surface area contributed by atoms with E-state index in [1.54, 1.807) is 4.52 Å². The topological polar surface area (TPSA) is 85.2 Å². The van der Waals surface area contributed by atoms with Crippen LogP contribution >= 0.6 is 0 Å². The minimum Gasteiger partial charge on any atom is -0.368 e. The number of nitrogens with zero attached hydrogens (tertiary/aromatic N) is 6. The van der Waals surface area contributed by atoms with Gasteiger partial charge in [-0.1, -0.05) is 30.3 Å². The second kappa shape index (κ2) is 4.20. The quantitative estimate of drug-likeness (QED) is 0.730. The summed E-state index contributed by atoms with van der Waals surface area (Å²) in [5, 5.41) is 4.43. The number of rotatable bonds is 2. The molecule has 3 rings (SSSR count). The molecule has 0 amide bonds. The van der Waals surface area contributed by atoms with Crippen LogP contribution in [0.3, 0.4) is 0 Å². The van der Waals surface area contributed by atoms with E-state index in [1.165, 1.54) is 0 Å². The van der Waals surface area contributed by atoms with Crippen molar-refractivity contribution in [2.75, 3.05) is 24.7 Å². The van der Waals surface area contributed by atoms with Crippen LogP contribution in [0.2, 0.25) is 0 Å². The van der Waals surface area contributed by atoms with Crippen LogP contribution in [-0.2, 0) is 0 Å². The highest BCUT2D eigenvalue weighted by atomic mass is 15.4. The van der Waals surface area contributed by atoms with Crippen LogP contribution in [0.25, 0.3) is 17.2 Å². The molecule has 0 aliphatic carbocycles. The van der Waals surface area contributed by atoms with Crippen LogP contribution in [0.15, 0.2) is 30.3 Å². The smallest absolute Gasteiger partial charge is 0.259 e. The summed E-state index contributed by atoms with van der Waals surface area (Å²) in [6.07, 6.45) is 0. The van der Waals surface area contributed by atoms with Crippen molar-refractivity contribution in [3.05, 3.63) is 30.3 Å². The highest BCUT2D eigenvalue weighted by molar-refractivity contribution is 5.58. The van der Waals surface area contributed by atoms with Gasteiger partial charge in [-0.2, -0.15) is 19.5 Å². The van der Waals surface area contributed by atoms with Crippen molar-refractivity contribution in [1.29, 1.82) is 0 Å². The maximum atomic E-state index is 5.68. The Morgan fingerprint density at radius 1 is 1.05 bits per heavy atom. The number of aromatic nitrogens is 5. The van der Waals surface area contributed by atoms with E-state index in [2.05, 4.69) is 20.1 Å². The van der Waals surface area contributed by atoms with Crippen LogP contribution in [0, 0.1) is 0 Å². The first kappa shape index (κ1) is 11.4. The lowest BCUT2D eigenvalue weighted by Gasteiger charge is -2.11. The Labute approximate surface area is 109 Å². The summed E-state index contributed by atoms with van der Waals surface area (Å²) >= 11 is 0. The number of hydrogen-bond acceptors (Lipinski definition) is 6. The van der Waals surface area contributed by atoms with Gasteiger partial charge in [0, 0.05) is 19.7 Å². The third-order valence-corrected chi connectivity index (χ3v) is 2.64. The highest BCUT2D eigenvalue weighted by Gasteiger charge is 2.13. The lowest BCUT2D eigenvalue weighted by molar-refractivity contribution is 0.855. The Morgan fingerprint density at radius 3 is 2.47 bits per heavy atom. The molecule has 2 aromatic heterocycles. The second-order valence-corrected chi connectivity index (χ2v) is 4.29. The molecule has 0 spiro atoms. The molecule has 0 aliphatic rings. The Kier molecular flexibility index (Phi) is 2.52. The van der Waals surface area contributed by atoms with E-state index in [1.807, 2.05) is 49.3 Å². The zero-order chi connectivity index (χ0) is 13.4. The molecule has 0 atom stereocenters. The van der Waals surface area contributed by atoms with Crippen LogP contribution in [-0.4, -0.2) is 38.7 Å². The van der Waals surface area contributed by atoms with Gasteiger partial charge < -0.3 is 10.6 Å². The molecule has 0 fully saturated rings. The average Bonchev–Trinajstić information content (AvgIpc) is 2.82. The molecule has 0 bridgehead atoms. The van der Waals surface area contributed by atoms with Gasteiger partial charge in [0.15, 0.2) is 5.82 Å². The number of hydrogen-bond donors (Lipinski definition) is 1. The Bertz CT molecular complexity index is 718. The maximum absolute atomic E-state index is 5.68. The molecule has 7 heteroatoms. The zero-order valence-electron chi connectivity index (χ0n) is 10.6. The van der Waals surface area contributed by atoms with Crippen molar-refractivity contribution >= 4 is 17.7 Å². The Morgan fingerprint density at radius 2 is 1.79 bits per heavy atom. The normalized spacial score (nSPS) is 10.8. The van der Waals surface area contributed by atoms with Gasteiger partial charge in [0.05, 0.1) is 0 Å². The van der Waals surface area contributed by atoms with Crippen LogP contribution < -0.4 is 10.6 Å². The van der Waals surface area contributed by atoms with Gasteiger partial charge in [0.1, 0.15) is 0 Å². The second-order valence-electron chi connectivity index (χ2n) is 4.29. The van der Waals surface area contributed by atoms with Gasteiger partial charge in [0.25, 0.3) is 5.78 Å². The van der Waals surface area contributed by atoms with Gasteiger partial charge in [-0.3, -0.25) is 0 Å². The van der Waals surface area contributed by atoms with E-state index in [4.69, 9.17) is 5.73 Å². The van der Waals surface area contributed by atoms with Crippen LogP contribution in [0.1, 0.15) is 0 Å². The summed E-state index contributed by atoms with van der Waals surface area (Å²) in [7, 11) is 3.73. The SMILES string of the molecule is CN(C)c1nc(N)nc2nc(-c3ccccc3)nn12. The summed E-state index contributed by atoms with van der Waals surface area (Å²) in [5.74, 6) is 1.82. The fraction of sp³-hybridized carbons (Fsp3) is 0.167. The minimum absolute atomic E-state index is 0.184. The molecule has 0 radical (unpaired) electrons. The highest BCUT2D eigenvalue weighted by Crippen LogP contribution is 2.18. The monoisotopic (exact) mass is 255 g/mol. The first-order valence-corrected chi connectivity index (χ1v) is 5.78. The molecule has 7 nitrogen and oxygen atoms in total. The molecule has 2 heterocycles. The molecule has 1 aromatic carbocycles. The van der Waals surface area contributed by atoms with E-state index in [-0.39, 0.29) is 5.95 Å². The van der Waals surface area contributed by atoms with Gasteiger partial charge in [0.2, 0.25) is 11.9 Å². The van der Waals surface area contributed by atoms with Crippen molar-refractivity contribution in [2.24, 2.45) is 0 Å². The van der Waals surface area contributed by atoms with Gasteiger partial charge in [-0.15, -0.1) is 5.10 Å². The largest absolute Gasteiger partial charge is 0.368 e. The summed E-state index contributed by atoms with van der Waals surface area (Å²) < 4.78 is 1.58. The molecule has 0 unspecified atom stereocenters. The van der Waals surface area contributed by atoms with Gasteiger partial charge in [-0.25, -0.2) is 0 Å². The van der Waals surface area contributed by atoms with Crippen molar-refractivity contribution in [1.82, 2.24) is 24.6 Å². The molecular weight excluding hydrogens is 242 g/mol. The summed E-state index contributed by atoms with van der Waals surface area (Å²) in [5.41, 5.74) is 6.61. The molecule has 2 N–H and O–H groups in total. The van der Waals surface area contributed by atoms with Crippen molar-refractivity contribution in [3.63, 3.8) is 0 Å². The fourth-order valence-electron chi connectivity index (χ4n) is 1.79. The predicted octanol–water partition coefficient (Wildman–Crippen LogP) is 0.835. The van der Waals surface area contributed by atoms with Crippen molar-refractivity contribution < 1.29 is 0 Å². The number of benzene rings is 1. The van der Waals surface area contributed by atoms with Crippen molar-refractivity contribution in [2.45, 2.75) is 0 Å². The van der Waals surface area contributed by atoms with E-state index in [0.717, 1.165) is 5.56 Å². The average molecular weight is 255 g/mol.